The van der Waals surface area contributed by atoms with Crippen LogP contribution < -0.4 is 11.3 Å². The number of hydrogen-bond acceptors (Lipinski definition) is 3. The van der Waals surface area contributed by atoms with Gasteiger partial charge in [-0.3, -0.25) is 9.36 Å². The lowest BCUT2D eigenvalue weighted by molar-refractivity contribution is 0.511. The molecule has 2 rings (SSSR count). The van der Waals surface area contributed by atoms with Gasteiger partial charge in [-0.2, -0.15) is 0 Å². The SMILES string of the molecule is Cc1cc(=O)n(CC(N)c2cc(F)ccc2F)cn1. The highest BCUT2D eigenvalue weighted by Crippen LogP contribution is 2.17. The maximum atomic E-state index is 13.5. The Bertz CT molecular complexity index is 655. The second kappa shape index (κ2) is 5.27. The molecular weight excluding hydrogens is 252 g/mol. The molecule has 2 aromatic rings. The highest BCUT2D eigenvalue weighted by atomic mass is 19.1. The first kappa shape index (κ1) is 13.4. The van der Waals surface area contributed by atoms with Crippen LogP contribution in [0.1, 0.15) is 17.3 Å². The maximum Gasteiger partial charge on any atom is 0.253 e. The van der Waals surface area contributed by atoms with Crippen LogP contribution in [0.4, 0.5) is 8.78 Å². The molecule has 0 bridgehead atoms. The number of benzene rings is 1. The molecule has 2 N–H and O–H groups in total. The summed E-state index contributed by atoms with van der Waals surface area (Å²) in [5, 5.41) is 0. The van der Waals surface area contributed by atoms with E-state index < -0.39 is 17.7 Å². The zero-order chi connectivity index (χ0) is 14.0. The molecule has 0 saturated heterocycles. The van der Waals surface area contributed by atoms with Crippen molar-refractivity contribution in [1.29, 1.82) is 0 Å². The highest BCUT2D eigenvalue weighted by Gasteiger charge is 2.13. The normalized spacial score (nSPS) is 12.4. The summed E-state index contributed by atoms with van der Waals surface area (Å²) < 4.78 is 27.9. The second-order valence-electron chi connectivity index (χ2n) is 4.29. The van der Waals surface area contributed by atoms with E-state index in [1.807, 2.05) is 0 Å². The van der Waals surface area contributed by atoms with Gasteiger partial charge in [0.2, 0.25) is 0 Å². The van der Waals surface area contributed by atoms with Crippen molar-refractivity contribution in [2.45, 2.75) is 19.5 Å². The largest absolute Gasteiger partial charge is 0.322 e. The van der Waals surface area contributed by atoms with E-state index in [9.17, 15) is 13.6 Å². The zero-order valence-electron chi connectivity index (χ0n) is 10.3. The molecule has 6 heteroatoms. The third-order valence-electron chi connectivity index (χ3n) is 2.77. The van der Waals surface area contributed by atoms with Crippen molar-refractivity contribution in [3.8, 4) is 0 Å². The molecule has 4 nitrogen and oxygen atoms in total. The average molecular weight is 265 g/mol. The van der Waals surface area contributed by atoms with Gasteiger partial charge in [0.25, 0.3) is 5.56 Å². The molecule has 1 aromatic carbocycles. The van der Waals surface area contributed by atoms with E-state index in [2.05, 4.69) is 4.98 Å². The Balaban J connectivity index is 2.28. The topological polar surface area (TPSA) is 60.9 Å². The van der Waals surface area contributed by atoms with Crippen molar-refractivity contribution in [2.24, 2.45) is 5.73 Å². The Labute approximate surface area is 108 Å². The number of halogens is 2. The van der Waals surface area contributed by atoms with Gasteiger partial charge in [-0.05, 0) is 25.1 Å². The Kier molecular flexibility index (Phi) is 3.71. The molecule has 0 saturated carbocycles. The van der Waals surface area contributed by atoms with Crippen LogP contribution in [0.5, 0.6) is 0 Å². The molecule has 0 spiro atoms. The summed E-state index contributed by atoms with van der Waals surface area (Å²) in [6.45, 7) is 1.73. The first-order chi connectivity index (χ1) is 8.97. The van der Waals surface area contributed by atoms with Crippen molar-refractivity contribution < 1.29 is 8.78 Å². The summed E-state index contributed by atoms with van der Waals surface area (Å²) in [5.41, 5.74) is 6.16. The van der Waals surface area contributed by atoms with Gasteiger partial charge in [0.1, 0.15) is 11.6 Å². The lowest BCUT2D eigenvalue weighted by Crippen LogP contribution is -2.27. The van der Waals surface area contributed by atoms with Gasteiger partial charge in [-0.1, -0.05) is 0 Å². The van der Waals surface area contributed by atoms with Crippen molar-refractivity contribution in [3.63, 3.8) is 0 Å². The molecule has 0 fully saturated rings. The van der Waals surface area contributed by atoms with E-state index in [0.29, 0.717) is 5.69 Å². The van der Waals surface area contributed by atoms with Crippen LogP contribution in [0.3, 0.4) is 0 Å². The standard InChI is InChI=1S/C13H13F2N3O/c1-8-4-13(19)18(7-17-8)6-12(16)10-5-9(14)2-3-11(10)15/h2-5,7,12H,6,16H2,1H3. The molecular formula is C13H13F2N3O. The molecule has 0 aliphatic heterocycles. The van der Waals surface area contributed by atoms with E-state index in [4.69, 9.17) is 5.73 Å². The Morgan fingerprint density at radius 1 is 1.37 bits per heavy atom. The fourth-order valence-corrected chi connectivity index (χ4v) is 1.76. The number of nitrogens with zero attached hydrogens (tertiary/aromatic N) is 2. The van der Waals surface area contributed by atoms with Crippen LogP contribution in [-0.2, 0) is 6.54 Å². The minimum atomic E-state index is -0.821. The van der Waals surface area contributed by atoms with E-state index in [1.54, 1.807) is 6.92 Å². The predicted molar refractivity (Wildman–Crippen MR) is 66.5 cm³/mol. The van der Waals surface area contributed by atoms with Crippen LogP contribution in [0, 0.1) is 18.6 Å². The summed E-state index contributed by atoms with van der Waals surface area (Å²) >= 11 is 0. The molecule has 1 atom stereocenters. The summed E-state index contributed by atoms with van der Waals surface area (Å²) in [6, 6.07) is 3.60. The van der Waals surface area contributed by atoms with Crippen LogP contribution >= 0.6 is 0 Å². The summed E-state index contributed by atoms with van der Waals surface area (Å²) in [5.74, 6) is -1.16. The summed E-state index contributed by atoms with van der Waals surface area (Å²) in [7, 11) is 0. The molecule has 100 valence electrons. The van der Waals surface area contributed by atoms with Gasteiger partial charge in [0.05, 0.1) is 12.4 Å². The number of nitrogens with two attached hydrogens (primary N) is 1. The number of hydrogen-bond donors (Lipinski definition) is 1. The predicted octanol–water partition coefficient (Wildman–Crippen LogP) is 1.53. The molecule has 1 aromatic heterocycles. The van der Waals surface area contributed by atoms with Gasteiger partial charge >= 0.3 is 0 Å². The van der Waals surface area contributed by atoms with Crippen molar-refractivity contribution in [1.82, 2.24) is 9.55 Å². The van der Waals surface area contributed by atoms with Crippen molar-refractivity contribution >= 4 is 0 Å². The van der Waals surface area contributed by atoms with Gasteiger partial charge < -0.3 is 5.73 Å². The first-order valence-electron chi connectivity index (χ1n) is 5.71. The lowest BCUT2D eigenvalue weighted by atomic mass is 10.1. The van der Waals surface area contributed by atoms with Gasteiger partial charge in [0, 0.05) is 23.9 Å². The molecule has 0 radical (unpaired) electrons. The van der Waals surface area contributed by atoms with Crippen LogP contribution in [-0.4, -0.2) is 9.55 Å². The Morgan fingerprint density at radius 2 is 2.11 bits per heavy atom. The van der Waals surface area contributed by atoms with Crippen molar-refractivity contribution in [2.75, 3.05) is 0 Å². The van der Waals surface area contributed by atoms with Crippen LogP contribution in [0.15, 0.2) is 35.4 Å². The average Bonchev–Trinajstić information content (AvgIpc) is 2.35. The van der Waals surface area contributed by atoms with Gasteiger partial charge in [0.15, 0.2) is 0 Å². The molecule has 19 heavy (non-hydrogen) atoms. The summed E-state index contributed by atoms with van der Waals surface area (Å²) in [4.78, 5) is 15.6. The first-order valence-corrected chi connectivity index (χ1v) is 5.71. The van der Waals surface area contributed by atoms with E-state index in [1.165, 1.54) is 17.0 Å². The molecule has 0 aliphatic rings. The molecule has 0 aliphatic carbocycles. The number of aryl methyl sites for hydroxylation is 1. The fourth-order valence-electron chi connectivity index (χ4n) is 1.76. The number of rotatable bonds is 3. The zero-order valence-corrected chi connectivity index (χ0v) is 10.3. The Hall–Kier alpha value is -2.08. The monoisotopic (exact) mass is 265 g/mol. The van der Waals surface area contributed by atoms with Gasteiger partial charge in [-0.15, -0.1) is 0 Å². The molecule has 1 heterocycles. The van der Waals surface area contributed by atoms with Crippen molar-refractivity contribution in [3.05, 3.63) is 63.8 Å². The van der Waals surface area contributed by atoms with Crippen LogP contribution in [0.25, 0.3) is 0 Å². The quantitative estimate of drug-likeness (QED) is 0.915. The minimum absolute atomic E-state index is 0.0342. The molecule has 1 unspecified atom stereocenters. The second-order valence-corrected chi connectivity index (χ2v) is 4.29. The lowest BCUT2D eigenvalue weighted by Gasteiger charge is -2.14. The molecule has 0 amide bonds. The van der Waals surface area contributed by atoms with Crippen LogP contribution in [0.2, 0.25) is 0 Å². The van der Waals surface area contributed by atoms with E-state index >= 15 is 0 Å². The highest BCUT2D eigenvalue weighted by molar-refractivity contribution is 5.22. The van der Waals surface area contributed by atoms with Gasteiger partial charge in [-0.25, -0.2) is 13.8 Å². The smallest absolute Gasteiger partial charge is 0.253 e. The Morgan fingerprint density at radius 3 is 2.79 bits per heavy atom. The third kappa shape index (κ3) is 3.03. The van der Waals surface area contributed by atoms with E-state index in [-0.39, 0.29) is 17.7 Å². The summed E-state index contributed by atoms with van der Waals surface area (Å²) in [6.07, 6.45) is 1.34. The third-order valence-corrected chi connectivity index (χ3v) is 2.77. The maximum absolute atomic E-state index is 13.5. The van der Waals surface area contributed by atoms with E-state index in [0.717, 1.165) is 18.2 Å². The number of aromatic nitrogens is 2. The fraction of sp³-hybridized carbons (Fsp3) is 0.231. The minimum Gasteiger partial charge on any atom is -0.322 e.